The molecule has 0 saturated carbocycles. The smallest absolute Gasteiger partial charge is 0.280 e. The van der Waals surface area contributed by atoms with Crippen molar-refractivity contribution in [3.8, 4) is 0 Å². The number of nitro groups is 1. The van der Waals surface area contributed by atoms with E-state index in [1.165, 1.54) is 29.2 Å². The molecule has 0 aliphatic carbocycles. The summed E-state index contributed by atoms with van der Waals surface area (Å²) in [7, 11) is 0. The zero-order chi connectivity index (χ0) is 20.5. The van der Waals surface area contributed by atoms with Gasteiger partial charge in [-0.1, -0.05) is 41.4 Å². The fraction of sp³-hybridized carbons (Fsp3) is 0.300. The van der Waals surface area contributed by atoms with Crippen molar-refractivity contribution in [2.75, 3.05) is 11.4 Å². The highest BCUT2D eigenvalue weighted by molar-refractivity contribution is 9.10. The second-order valence-electron chi connectivity index (χ2n) is 6.71. The third-order valence-electron chi connectivity index (χ3n) is 4.85. The molecular weight excluding hydrogens is 428 g/mol. The molecule has 0 spiro atoms. The number of hydrogen-bond donors (Lipinski definition) is 1. The third kappa shape index (κ3) is 3.45. The molecule has 0 unspecified atom stereocenters. The van der Waals surface area contributed by atoms with Gasteiger partial charge in [0.1, 0.15) is 0 Å². The Hall–Kier alpha value is -2.58. The maximum absolute atomic E-state index is 13.1. The lowest BCUT2D eigenvalue weighted by molar-refractivity contribution is -0.385. The van der Waals surface area contributed by atoms with Crippen molar-refractivity contribution in [3.05, 3.63) is 68.2 Å². The van der Waals surface area contributed by atoms with Crippen LogP contribution in [0.15, 0.2) is 46.9 Å². The number of para-hydroxylation sites is 1. The number of carbonyl (C=O) groups is 2. The number of aliphatic hydroxyl groups is 1. The number of ketones is 1. The molecule has 146 valence electrons. The number of anilines is 1. The molecule has 0 bridgehead atoms. The molecule has 1 atom stereocenters. The monoisotopic (exact) mass is 446 g/mol. The Morgan fingerprint density at radius 3 is 2.68 bits per heavy atom. The standard InChI is InChI=1S/C20H19BrN2O5/c1-2-3-10-22-17-9-8-13(21)11-15(17)20(26,19(22)25)12-18(24)14-6-4-5-7-16(14)23(27)28/h4-9,11,26H,2-3,10,12H2,1H3/t20-/m0/s1. The minimum Gasteiger partial charge on any atom is -0.375 e. The Balaban J connectivity index is 2.01. The van der Waals surface area contributed by atoms with Crippen molar-refractivity contribution in [3.63, 3.8) is 0 Å². The van der Waals surface area contributed by atoms with Crippen LogP contribution in [0.3, 0.4) is 0 Å². The average molecular weight is 447 g/mol. The van der Waals surface area contributed by atoms with Gasteiger partial charge in [0, 0.05) is 22.6 Å². The van der Waals surface area contributed by atoms with E-state index in [0.717, 1.165) is 12.8 Å². The van der Waals surface area contributed by atoms with E-state index in [1.807, 2.05) is 6.92 Å². The van der Waals surface area contributed by atoms with E-state index in [1.54, 1.807) is 18.2 Å². The summed E-state index contributed by atoms with van der Waals surface area (Å²) >= 11 is 3.34. The number of nitro benzene ring substituents is 1. The molecule has 1 heterocycles. The van der Waals surface area contributed by atoms with Crippen LogP contribution in [0.25, 0.3) is 0 Å². The highest BCUT2D eigenvalue weighted by atomic mass is 79.9. The molecule has 2 aromatic carbocycles. The lowest BCUT2D eigenvalue weighted by Crippen LogP contribution is -2.42. The number of hydrogen-bond acceptors (Lipinski definition) is 5. The number of rotatable bonds is 7. The topological polar surface area (TPSA) is 101 Å². The van der Waals surface area contributed by atoms with Gasteiger partial charge in [0.15, 0.2) is 11.4 Å². The second kappa shape index (κ2) is 7.81. The molecule has 1 N–H and O–H groups in total. The molecule has 8 heteroatoms. The van der Waals surface area contributed by atoms with E-state index < -0.39 is 28.6 Å². The SMILES string of the molecule is CCCCN1C(=O)[C@](O)(CC(=O)c2ccccc2[N+](=O)[O-])c2cc(Br)ccc21. The van der Waals surface area contributed by atoms with Crippen molar-refractivity contribution in [2.24, 2.45) is 0 Å². The first-order valence-corrected chi connectivity index (χ1v) is 9.70. The van der Waals surface area contributed by atoms with Crippen LogP contribution in [0, 0.1) is 10.1 Å². The number of nitrogens with zero attached hydrogens (tertiary/aromatic N) is 2. The van der Waals surface area contributed by atoms with Gasteiger partial charge in [0.25, 0.3) is 11.6 Å². The minimum absolute atomic E-state index is 0.128. The van der Waals surface area contributed by atoms with Gasteiger partial charge in [-0.2, -0.15) is 0 Å². The van der Waals surface area contributed by atoms with Crippen LogP contribution in [0.5, 0.6) is 0 Å². The number of unbranched alkanes of at least 4 members (excludes halogenated alkanes) is 1. The van der Waals surface area contributed by atoms with Gasteiger partial charge < -0.3 is 10.0 Å². The van der Waals surface area contributed by atoms with Gasteiger partial charge >= 0.3 is 0 Å². The average Bonchev–Trinajstić information content (AvgIpc) is 2.87. The number of fused-ring (bicyclic) bond motifs is 1. The van der Waals surface area contributed by atoms with Crippen molar-refractivity contribution >= 4 is 39.0 Å². The van der Waals surface area contributed by atoms with Gasteiger partial charge in [-0.3, -0.25) is 19.7 Å². The van der Waals surface area contributed by atoms with Crippen LogP contribution in [0.1, 0.15) is 42.1 Å². The van der Waals surface area contributed by atoms with Crippen LogP contribution >= 0.6 is 15.9 Å². The van der Waals surface area contributed by atoms with Crippen molar-refractivity contribution in [1.82, 2.24) is 0 Å². The lowest BCUT2D eigenvalue weighted by Gasteiger charge is -2.22. The Morgan fingerprint density at radius 2 is 2.00 bits per heavy atom. The van der Waals surface area contributed by atoms with Crippen molar-refractivity contribution in [2.45, 2.75) is 31.8 Å². The van der Waals surface area contributed by atoms with Crippen LogP contribution in [0.2, 0.25) is 0 Å². The van der Waals surface area contributed by atoms with Crippen LogP contribution < -0.4 is 4.90 Å². The number of amides is 1. The fourth-order valence-corrected chi connectivity index (χ4v) is 3.79. The molecule has 7 nitrogen and oxygen atoms in total. The van der Waals surface area contributed by atoms with Gasteiger partial charge in [0.05, 0.1) is 22.6 Å². The number of benzene rings is 2. The number of halogens is 1. The Labute approximate surface area is 170 Å². The molecule has 0 radical (unpaired) electrons. The van der Waals surface area contributed by atoms with E-state index in [0.29, 0.717) is 22.3 Å². The third-order valence-corrected chi connectivity index (χ3v) is 5.34. The predicted octanol–water partition coefficient (Wildman–Crippen LogP) is 3.96. The van der Waals surface area contributed by atoms with Gasteiger partial charge in [-0.05, 0) is 30.7 Å². The molecule has 2 aromatic rings. The van der Waals surface area contributed by atoms with E-state index >= 15 is 0 Å². The molecule has 1 aliphatic heterocycles. The highest BCUT2D eigenvalue weighted by Gasteiger charge is 2.51. The summed E-state index contributed by atoms with van der Waals surface area (Å²) in [5, 5.41) is 22.5. The van der Waals surface area contributed by atoms with E-state index in [-0.39, 0.29) is 11.3 Å². The Morgan fingerprint density at radius 1 is 1.29 bits per heavy atom. The Bertz CT molecular complexity index is 961. The molecular formula is C20H19BrN2O5. The molecule has 28 heavy (non-hydrogen) atoms. The first-order chi connectivity index (χ1) is 13.3. The zero-order valence-electron chi connectivity index (χ0n) is 15.2. The van der Waals surface area contributed by atoms with Gasteiger partial charge in [-0.25, -0.2) is 0 Å². The number of Topliss-reactive ketones (excluding diaryl/α,β-unsaturated/α-hetero) is 1. The largest absolute Gasteiger partial charge is 0.375 e. The molecule has 0 fully saturated rings. The molecule has 3 rings (SSSR count). The van der Waals surface area contributed by atoms with Crippen LogP contribution in [-0.2, 0) is 10.4 Å². The predicted molar refractivity (Wildman–Crippen MR) is 107 cm³/mol. The minimum atomic E-state index is -2.06. The van der Waals surface area contributed by atoms with Crippen LogP contribution in [0.4, 0.5) is 11.4 Å². The quantitative estimate of drug-likeness (QED) is 0.393. The molecule has 1 amide bonds. The molecule has 0 saturated heterocycles. The molecule has 1 aliphatic rings. The summed E-state index contributed by atoms with van der Waals surface area (Å²) in [6.45, 7) is 2.42. The maximum Gasteiger partial charge on any atom is 0.280 e. The normalized spacial score (nSPS) is 18.2. The van der Waals surface area contributed by atoms with Crippen molar-refractivity contribution < 1.29 is 19.6 Å². The second-order valence-corrected chi connectivity index (χ2v) is 7.62. The van der Waals surface area contributed by atoms with E-state index in [2.05, 4.69) is 15.9 Å². The Kier molecular flexibility index (Phi) is 5.62. The summed E-state index contributed by atoms with van der Waals surface area (Å²) in [5.74, 6) is -1.24. The van der Waals surface area contributed by atoms with Crippen molar-refractivity contribution in [1.29, 1.82) is 0 Å². The van der Waals surface area contributed by atoms with Gasteiger partial charge in [-0.15, -0.1) is 0 Å². The van der Waals surface area contributed by atoms with E-state index in [4.69, 9.17) is 0 Å². The highest BCUT2D eigenvalue weighted by Crippen LogP contribution is 2.44. The summed E-state index contributed by atoms with van der Waals surface area (Å²) < 4.78 is 0.660. The fourth-order valence-electron chi connectivity index (χ4n) is 3.43. The summed E-state index contributed by atoms with van der Waals surface area (Å²) in [5.41, 5.74) is -1.65. The lowest BCUT2D eigenvalue weighted by atomic mass is 9.88. The van der Waals surface area contributed by atoms with Gasteiger partial charge in [0.2, 0.25) is 0 Å². The zero-order valence-corrected chi connectivity index (χ0v) is 16.8. The van der Waals surface area contributed by atoms with Crippen LogP contribution in [-0.4, -0.2) is 28.3 Å². The summed E-state index contributed by atoms with van der Waals surface area (Å²) in [4.78, 5) is 38.0. The first kappa shape index (κ1) is 20.2. The maximum atomic E-state index is 13.1. The number of carbonyl (C=O) groups excluding carboxylic acids is 2. The first-order valence-electron chi connectivity index (χ1n) is 8.90. The summed E-state index contributed by atoms with van der Waals surface area (Å²) in [6, 6.07) is 10.6. The van der Waals surface area contributed by atoms with E-state index in [9.17, 15) is 24.8 Å². The molecule has 0 aromatic heterocycles. The summed E-state index contributed by atoms with van der Waals surface area (Å²) in [6.07, 6.45) is 1.04.